The number of hydrogen-bond acceptors (Lipinski definition) is 4. The Hall–Kier alpha value is -4.06. The predicted molar refractivity (Wildman–Crippen MR) is 148 cm³/mol. The van der Waals surface area contributed by atoms with Crippen molar-refractivity contribution in [2.45, 2.75) is 45.2 Å². The number of imidazole rings is 1. The predicted octanol–water partition coefficient (Wildman–Crippen LogP) is 5.88. The number of ether oxygens (including phenoxy) is 2. The molecule has 192 valence electrons. The monoisotopic (exact) mass is 497 g/mol. The Labute approximate surface area is 218 Å². The number of rotatable bonds is 14. The summed E-state index contributed by atoms with van der Waals surface area (Å²) in [5, 5.41) is 3.05. The minimum absolute atomic E-state index is 0.0314. The van der Waals surface area contributed by atoms with Gasteiger partial charge in [0.2, 0.25) is 5.91 Å². The minimum Gasteiger partial charge on any atom is -0.493 e. The van der Waals surface area contributed by atoms with Crippen molar-refractivity contribution in [2.24, 2.45) is 0 Å². The summed E-state index contributed by atoms with van der Waals surface area (Å²) in [6, 6.07) is 24.2. The average Bonchev–Trinajstić information content (AvgIpc) is 3.29. The molecule has 0 aliphatic rings. The van der Waals surface area contributed by atoms with E-state index in [9.17, 15) is 4.79 Å². The lowest BCUT2D eigenvalue weighted by atomic mass is 10.1. The van der Waals surface area contributed by atoms with Crippen LogP contribution >= 0.6 is 0 Å². The fourth-order valence-corrected chi connectivity index (χ4v) is 4.36. The number of carbonyl (C=O) groups excluding carboxylic acids is 1. The summed E-state index contributed by atoms with van der Waals surface area (Å²) in [6.45, 7) is 5.59. The highest BCUT2D eigenvalue weighted by Gasteiger charge is 2.12. The van der Waals surface area contributed by atoms with Gasteiger partial charge in [-0.3, -0.25) is 4.79 Å². The van der Waals surface area contributed by atoms with Gasteiger partial charge in [-0.1, -0.05) is 54.6 Å². The standard InChI is InChI=1S/C31H35N3O3/c1-3-11-25-16-18-28(29(22-25)36-2)37-21-10-9-20-34-27-15-8-7-14-26(27)33-30(34)23-32-31(35)19-17-24-12-5-4-6-13-24/h3-8,12-16,18,22H,1,9-11,17,19-21,23H2,2H3,(H,32,35). The molecule has 4 rings (SSSR count). The van der Waals surface area contributed by atoms with Gasteiger partial charge in [0.25, 0.3) is 0 Å². The summed E-state index contributed by atoms with van der Waals surface area (Å²) in [7, 11) is 1.66. The number of aryl methyl sites for hydroxylation is 2. The van der Waals surface area contributed by atoms with Gasteiger partial charge in [-0.15, -0.1) is 6.58 Å². The van der Waals surface area contributed by atoms with Crippen molar-refractivity contribution in [1.29, 1.82) is 0 Å². The summed E-state index contributed by atoms with van der Waals surface area (Å²) in [5.74, 6) is 2.39. The largest absolute Gasteiger partial charge is 0.493 e. The first-order chi connectivity index (χ1) is 18.2. The zero-order chi connectivity index (χ0) is 25.9. The number of fused-ring (bicyclic) bond motifs is 1. The number of amides is 1. The molecule has 4 aromatic rings. The van der Waals surface area contributed by atoms with Crippen LogP contribution in [0.5, 0.6) is 11.5 Å². The molecule has 1 heterocycles. The normalized spacial score (nSPS) is 10.8. The topological polar surface area (TPSA) is 65.4 Å². The van der Waals surface area contributed by atoms with Crippen LogP contribution in [0.15, 0.2) is 85.5 Å². The summed E-state index contributed by atoms with van der Waals surface area (Å²) in [5.41, 5.74) is 4.33. The lowest BCUT2D eigenvalue weighted by Gasteiger charge is -2.13. The van der Waals surface area contributed by atoms with E-state index in [0.29, 0.717) is 19.6 Å². The Kier molecular flexibility index (Phi) is 9.35. The maximum atomic E-state index is 12.5. The summed E-state index contributed by atoms with van der Waals surface area (Å²) >= 11 is 0. The van der Waals surface area contributed by atoms with Crippen LogP contribution in [-0.4, -0.2) is 29.2 Å². The van der Waals surface area contributed by atoms with Gasteiger partial charge in [-0.05, 0) is 61.1 Å². The van der Waals surface area contributed by atoms with Gasteiger partial charge in [-0.2, -0.15) is 0 Å². The van der Waals surface area contributed by atoms with E-state index in [4.69, 9.17) is 14.5 Å². The summed E-state index contributed by atoms with van der Waals surface area (Å²) < 4.78 is 13.7. The third kappa shape index (κ3) is 7.23. The number of allylic oxidation sites excluding steroid dienone is 1. The van der Waals surface area contributed by atoms with Crippen LogP contribution < -0.4 is 14.8 Å². The average molecular weight is 498 g/mol. The number of methoxy groups -OCH3 is 1. The van der Waals surface area contributed by atoms with Crippen LogP contribution in [0.2, 0.25) is 0 Å². The van der Waals surface area contributed by atoms with Gasteiger partial charge >= 0.3 is 0 Å². The molecular formula is C31H35N3O3. The van der Waals surface area contributed by atoms with Gasteiger partial charge in [0.05, 0.1) is 31.3 Å². The number of benzene rings is 3. The molecule has 0 aliphatic heterocycles. The van der Waals surface area contributed by atoms with Gasteiger partial charge in [0.15, 0.2) is 11.5 Å². The molecule has 0 spiro atoms. The molecule has 0 bridgehead atoms. The van der Waals surface area contributed by atoms with Crippen LogP contribution in [0.3, 0.4) is 0 Å². The molecule has 1 N–H and O–H groups in total. The highest BCUT2D eigenvalue weighted by atomic mass is 16.5. The van der Waals surface area contributed by atoms with E-state index >= 15 is 0 Å². The maximum absolute atomic E-state index is 12.5. The lowest BCUT2D eigenvalue weighted by molar-refractivity contribution is -0.121. The van der Waals surface area contributed by atoms with Crippen LogP contribution in [0.4, 0.5) is 0 Å². The van der Waals surface area contributed by atoms with Crippen LogP contribution in [-0.2, 0) is 30.7 Å². The van der Waals surface area contributed by atoms with E-state index in [1.54, 1.807) is 7.11 Å². The van der Waals surface area contributed by atoms with Crippen LogP contribution in [0, 0.1) is 0 Å². The van der Waals surface area contributed by atoms with Crippen molar-refractivity contribution >= 4 is 16.9 Å². The molecule has 37 heavy (non-hydrogen) atoms. The Morgan fingerprint density at radius 2 is 1.81 bits per heavy atom. The fourth-order valence-electron chi connectivity index (χ4n) is 4.36. The molecule has 0 saturated heterocycles. The second kappa shape index (κ2) is 13.3. The van der Waals surface area contributed by atoms with Crippen molar-refractivity contribution < 1.29 is 14.3 Å². The van der Waals surface area contributed by atoms with E-state index in [1.807, 2.05) is 72.8 Å². The highest BCUT2D eigenvalue weighted by Crippen LogP contribution is 2.28. The van der Waals surface area contributed by atoms with E-state index in [-0.39, 0.29) is 5.91 Å². The minimum atomic E-state index is 0.0314. The van der Waals surface area contributed by atoms with Crippen molar-refractivity contribution in [1.82, 2.24) is 14.9 Å². The fraction of sp³-hybridized carbons (Fsp3) is 0.290. The first-order valence-corrected chi connectivity index (χ1v) is 12.8. The van der Waals surface area contributed by atoms with Crippen molar-refractivity contribution in [2.75, 3.05) is 13.7 Å². The molecule has 0 unspecified atom stereocenters. The molecule has 0 radical (unpaired) electrons. The Balaban J connectivity index is 1.30. The lowest BCUT2D eigenvalue weighted by Crippen LogP contribution is -2.25. The van der Waals surface area contributed by atoms with Gasteiger partial charge in [0, 0.05) is 13.0 Å². The Bertz CT molecular complexity index is 1310. The zero-order valence-corrected chi connectivity index (χ0v) is 21.5. The van der Waals surface area contributed by atoms with E-state index < -0.39 is 0 Å². The number of carbonyl (C=O) groups is 1. The number of nitrogens with zero attached hydrogens (tertiary/aromatic N) is 2. The van der Waals surface area contributed by atoms with Gasteiger partial charge in [-0.25, -0.2) is 4.98 Å². The number of para-hydroxylation sites is 2. The molecule has 0 aliphatic carbocycles. The molecule has 1 amide bonds. The zero-order valence-electron chi connectivity index (χ0n) is 21.5. The molecule has 6 heteroatoms. The van der Waals surface area contributed by atoms with Crippen LogP contribution in [0.25, 0.3) is 11.0 Å². The second-order valence-electron chi connectivity index (χ2n) is 8.96. The third-order valence-electron chi connectivity index (χ3n) is 6.30. The number of nitrogens with one attached hydrogen (secondary N) is 1. The van der Waals surface area contributed by atoms with E-state index in [0.717, 1.165) is 71.7 Å². The first kappa shape index (κ1) is 26.0. The van der Waals surface area contributed by atoms with Crippen molar-refractivity contribution in [3.8, 4) is 11.5 Å². The van der Waals surface area contributed by atoms with Crippen molar-refractivity contribution in [3.05, 3.63) is 102 Å². The highest BCUT2D eigenvalue weighted by molar-refractivity contribution is 5.77. The molecule has 3 aromatic carbocycles. The first-order valence-electron chi connectivity index (χ1n) is 12.8. The molecular weight excluding hydrogens is 462 g/mol. The van der Waals surface area contributed by atoms with Crippen LogP contribution in [0.1, 0.15) is 36.2 Å². The van der Waals surface area contributed by atoms with E-state index in [2.05, 4.69) is 22.5 Å². The number of unbranched alkanes of at least 4 members (excludes halogenated alkanes) is 1. The molecule has 1 aromatic heterocycles. The third-order valence-corrected chi connectivity index (χ3v) is 6.30. The molecule has 0 saturated carbocycles. The maximum Gasteiger partial charge on any atom is 0.220 e. The molecule has 0 atom stereocenters. The summed E-state index contributed by atoms with van der Waals surface area (Å²) in [6.07, 6.45) is 5.66. The van der Waals surface area contributed by atoms with Gasteiger partial charge < -0.3 is 19.4 Å². The SMILES string of the molecule is C=CCc1ccc(OCCCCn2c(CNC(=O)CCc3ccccc3)nc3ccccc32)c(OC)c1. The Morgan fingerprint density at radius 1 is 1.00 bits per heavy atom. The smallest absolute Gasteiger partial charge is 0.220 e. The second-order valence-corrected chi connectivity index (χ2v) is 8.96. The molecule has 6 nitrogen and oxygen atoms in total. The number of aromatic nitrogens is 2. The summed E-state index contributed by atoms with van der Waals surface area (Å²) in [4.78, 5) is 17.3. The Morgan fingerprint density at radius 3 is 2.62 bits per heavy atom. The molecule has 0 fully saturated rings. The number of hydrogen-bond donors (Lipinski definition) is 1. The van der Waals surface area contributed by atoms with Crippen molar-refractivity contribution in [3.63, 3.8) is 0 Å². The van der Waals surface area contributed by atoms with E-state index in [1.165, 1.54) is 0 Å². The quantitative estimate of drug-likeness (QED) is 0.174. The van der Waals surface area contributed by atoms with Gasteiger partial charge in [0.1, 0.15) is 5.82 Å².